The van der Waals surface area contributed by atoms with Gasteiger partial charge in [-0.15, -0.1) is 0 Å². The van der Waals surface area contributed by atoms with Crippen LogP contribution in [0.1, 0.15) is 44.7 Å². The molecule has 1 aliphatic carbocycles. The Bertz CT molecular complexity index is 435. The molecule has 0 radical (unpaired) electrons. The van der Waals surface area contributed by atoms with E-state index in [4.69, 9.17) is 0 Å². The zero-order valence-electron chi connectivity index (χ0n) is 12.1. The molecule has 1 saturated carbocycles. The van der Waals surface area contributed by atoms with Crippen molar-refractivity contribution in [3.8, 4) is 0 Å². The summed E-state index contributed by atoms with van der Waals surface area (Å²) in [6.07, 6.45) is 6.59. The second-order valence-corrected chi connectivity index (χ2v) is 6.02. The largest absolute Gasteiger partial charge is 0.388 e. The fraction of sp³-hybridized carbons (Fsp3) is 0.625. The first-order valence-electron chi connectivity index (χ1n) is 7.46. The zero-order chi connectivity index (χ0) is 14.4. The molecule has 1 aliphatic rings. The predicted molar refractivity (Wildman–Crippen MR) is 78.1 cm³/mol. The van der Waals surface area contributed by atoms with Crippen molar-refractivity contribution in [3.05, 3.63) is 30.1 Å². The van der Waals surface area contributed by atoms with E-state index in [1.165, 1.54) is 6.42 Å². The van der Waals surface area contributed by atoms with E-state index in [-0.39, 0.29) is 5.91 Å². The molecule has 0 spiro atoms. The molecular formula is C16H24N2O2. The van der Waals surface area contributed by atoms with Crippen molar-refractivity contribution in [2.45, 2.75) is 51.0 Å². The summed E-state index contributed by atoms with van der Waals surface area (Å²) in [6.45, 7) is 2.53. The molecule has 0 bridgehead atoms. The number of aliphatic hydroxyl groups is 1. The van der Waals surface area contributed by atoms with Crippen molar-refractivity contribution in [2.75, 3.05) is 6.54 Å². The first-order chi connectivity index (χ1) is 9.57. The van der Waals surface area contributed by atoms with Gasteiger partial charge in [-0.3, -0.25) is 9.78 Å². The topological polar surface area (TPSA) is 62.2 Å². The molecule has 1 fully saturated rings. The summed E-state index contributed by atoms with van der Waals surface area (Å²) in [5.41, 5.74) is 0.214. The lowest BCUT2D eigenvalue weighted by molar-refractivity contribution is -0.123. The summed E-state index contributed by atoms with van der Waals surface area (Å²) < 4.78 is 0. The average Bonchev–Trinajstić information content (AvgIpc) is 2.44. The Morgan fingerprint density at radius 2 is 2.40 bits per heavy atom. The van der Waals surface area contributed by atoms with Gasteiger partial charge in [0, 0.05) is 24.9 Å². The van der Waals surface area contributed by atoms with Gasteiger partial charge in [0.2, 0.25) is 5.91 Å². The summed E-state index contributed by atoms with van der Waals surface area (Å²) in [4.78, 5) is 16.0. The molecule has 2 atom stereocenters. The highest BCUT2D eigenvalue weighted by atomic mass is 16.3. The molecule has 4 heteroatoms. The Balaban J connectivity index is 1.72. The quantitative estimate of drug-likeness (QED) is 0.865. The number of pyridine rings is 1. The third-order valence-corrected chi connectivity index (χ3v) is 4.02. The van der Waals surface area contributed by atoms with Crippen LogP contribution in [0.4, 0.5) is 0 Å². The maximum Gasteiger partial charge on any atom is 0.220 e. The van der Waals surface area contributed by atoms with Crippen molar-refractivity contribution in [2.24, 2.45) is 5.92 Å². The smallest absolute Gasteiger partial charge is 0.220 e. The summed E-state index contributed by atoms with van der Waals surface area (Å²) in [7, 11) is 0. The van der Waals surface area contributed by atoms with Crippen molar-refractivity contribution < 1.29 is 9.90 Å². The highest BCUT2D eigenvalue weighted by Gasteiger charge is 2.32. The number of rotatable bonds is 5. The molecule has 4 nitrogen and oxygen atoms in total. The minimum atomic E-state index is -0.710. The molecular weight excluding hydrogens is 252 g/mol. The maximum atomic E-state index is 11.8. The molecule has 2 unspecified atom stereocenters. The molecule has 0 saturated heterocycles. The SMILES string of the molecule is CC1CCCC(O)(CNC(=O)CCc2ccccn2)C1. The molecule has 1 aromatic rings. The Morgan fingerprint density at radius 1 is 1.55 bits per heavy atom. The monoisotopic (exact) mass is 276 g/mol. The van der Waals surface area contributed by atoms with Gasteiger partial charge in [-0.1, -0.05) is 25.8 Å². The van der Waals surface area contributed by atoms with E-state index in [0.29, 0.717) is 25.3 Å². The molecule has 2 N–H and O–H groups in total. The Labute approximate surface area is 120 Å². The molecule has 2 rings (SSSR count). The minimum Gasteiger partial charge on any atom is -0.388 e. The molecule has 20 heavy (non-hydrogen) atoms. The number of carbonyl (C=O) groups excluding carboxylic acids is 1. The van der Waals surface area contributed by atoms with E-state index in [0.717, 1.165) is 25.0 Å². The van der Waals surface area contributed by atoms with Gasteiger partial charge in [-0.25, -0.2) is 0 Å². The van der Waals surface area contributed by atoms with E-state index in [2.05, 4.69) is 17.2 Å². The van der Waals surface area contributed by atoms with E-state index in [1.54, 1.807) is 6.20 Å². The lowest BCUT2D eigenvalue weighted by atomic mass is 9.79. The third kappa shape index (κ3) is 4.60. The molecule has 1 aromatic heterocycles. The van der Waals surface area contributed by atoms with Crippen LogP contribution in [0.15, 0.2) is 24.4 Å². The second kappa shape index (κ2) is 6.84. The van der Waals surface area contributed by atoms with Crippen LogP contribution in [-0.4, -0.2) is 28.1 Å². The first-order valence-corrected chi connectivity index (χ1v) is 7.46. The van der Waals surface area contributed by atoms with Crippen LogP contribution in [0.5, 0.6) is 0 Å². The highest BCUT2D eigenvalue weighted by Crippen LogP contribution is 2.31. The van der Waals surface area contributed by atoms with Gasteiger partial charge in [0.05, 0.1) is 5.60 Å². The highest BCUT2D eigenvalue weighted by molar-refractivity contribution is 5.76. The van der Waals surface area contributed by atoms with E-state index in [1.807, 2.05) is 18.2 Å². The van der Waals surface area contributed by atoms with Gasteiger partial charge in [0.1, 0.15) is 0 Å². The van der Waals surface area contributed by atoms with Gasteiger partial charge >= 0.3 is 0 Å². The van der Waals surface area contributed by atoms with Crippen LogP contribution in [0.3, 0.4) is 0 Å². The fourth-order valence-corrected chi connectivity index (χ4v) is 2.93. The van der Waals surface area contributed by atoms with Crippen LogP contribution >= 0.6 is 0 Å². The van der Waals surface area contributed by atoms with Crippen molar-refractivity contribution in [3.63, 3.8) is 0 Å². The third-order valence-electron chi connectivity index (χ3n) is 4.02. The van der Waals surface area contributed by atoms with E-state index < -0.39 is 5.60 Å². The number of hydrogen-bond acceptors (Lipinski definition) is 3. The van der Waals surface area contributed by atoms with Crippen LogP contribution in [0, 0.1) is 5.92 Å². The van der Waals surface area contributed by atoms with Crippen LogP contribution in [0.2, 0.25) is 0 Å². The predicted octanol–water partition coefficient (Wildman–Crippen LogP) is 2.07. The van der Waals surface area contributed by atoms with Gasteiger partial charge in [-0.05, 0) is 37.3 Å². The lowest BCUT2D eigenvalue weighted by Crippen LogP contribution is -2.45. The summed E-state index contributed by atoms with van der Waals surface area (Å²) >= 11 is 0. The average molecular weight is 276 g/mol. The number of carbonyl (C=O) groups is 1. The number of nitrogens with one attached hydrogen (secondary N) is 1. The van der Waals surface area contributed by atoms with Crippen molar-refractivity contribution in [1.29, 1.82) is 0 Å². The number of aromatic nitrogens is 1. The standard InChI is InChI=1S/C16H24N2O2/c1-13-5-4-9-16(20,11-13)12-18-15(19)8-7-14-6-2-3-10-17-14/h2-3,6,10,13,20H,4-5,7-9,11-12H2,1H3,(H,18,19). The number of aryl methyl sites for hydroxylation is 1. The van der Waals surface area contributed by atoms with Crippen LogP contribution in [-0.2, 0) is 11.2 Å². The second-order valence-electron chi connectivity index (χ2n) is 6.02. The van der Waals surface area contributed by atoms with Crippen LogP contribution < -0.4 is 5.32 Å². The fourth-order valence-electron chi connectivity index (χ4n) is 2.93. The first kappa shape index (κ1) is 15.0. The van der Waals surface area contributed by atoms with Crippen molar-refractivity contribution in [1.82, 2.24) is 10.3 Å². The number of hydrogen-bond donors (Lipinski definition) is 2. The zero-order valence-corrected chi connectivity index (χ0v) is 12.1. The van der Waals surface area contributed by atoms with Gasteiger partial charge in [0.15, 0.2) is 0 Å². The number of amides is 1. The summed E-state index contributed by atoms with van der Waals surface area (Å²) in [5.74, 6) is 0.529. The molecule has 1 amide bonds. The van der Waals surface area contributed by atoms with Gasteiger partial charge < -0.3 is 10.4 Å². The number of nitrogens with zero attached hydrogens (tertiary/aromatic N) is 1. The Kier molecular flexibility index (Phi) is 5.12. The molecule has 0 aromatic carbocycles. The molecule has 110 valence electrons. The van der Waals surface area contributed by atoms with E-state index >= 15 is 0 Å². The summed E-state index contributed by atoms with van der Waals surface area (Å²) in [6, 6.07) is 5.71. The van der Waals surface area contributed by atoms with Gasteiger partial charge in [0.25, 0.3) is 0 Å². The maximum absolute atomic E-state index is 11.8. The van der Waals surface area contributed by atoms with Crippen molar-refractivity contribution >= 4 is 5.91 Å². The van der Waals surface area contributed by atoms with Gasteiger partial charge in [-0.2, -0.15) is 0 Å². The molecule has 0 aliphatic heterocycles. The van der Waals surface area contributed by atoms with Crippen LogP contribution in [0.25, 0.3) is 0 Å². The lowest BCUT2D eigenvalue weighted by Gasteiger charge is -2.35. The molecule has 1 heterocycles. The van der Waals surface area contributed by atoms with E-state index in [9.17, 15) is 9.90 Å². The Hall–Kier alpha value is -1.42. The Morgan fingerprint density at radius 3 is 3.10 bits per heavy atom. The summed E-state index contributed by atoms with van der Waals surface area (Å²) in [5, 5.41) is 13.3. The normalized spacial score (nSPS) is 26.2. The minimum absolute atomic E-state index is 0.0118.